The van der Waals surface area contributed by atoms with E-state index in [-0.39, 0.29) is 19.0 Å². The summed E-state index contributed by atoms with van der Waals surface area (Å²) in [6, 6.07) is 0. The van der Waals surface area contributed by atoms with Crippen LogP contribution in [0.3, 0.4) is 0 Å². The van der Waals surface area contributed by atoms with Crippen molar-refractivity contribution in [2.45, 2.75) is 32.8 Å². The number of aliphatic hydroxyl groups excluding tert-OH is 1. The molecule has 34 heavy (non-hydrogen) atoms. The van der Waals surface area contributed by atoms with Gasteiger partial charge in [-0.2, -0.15) is 0 Å². The Balaban J connectivity index is 3.10. The molecule has 0 unspecified atom stereocenters. The summed E-state index contributed by atoms with van der Waals surface area (Å²) in [6.45, 7) is 13.0. The Morgan fingerprint density at radius 3 is 1.03 bits per heavy atom. The summed E-state index contributed by atoms with van der Waals surface area (Å²) in [6.07, 6.45) is 0.235. The Hall–Kier alpha value is -0.890. The largest absolute Gasteiger partial charge is 0.460 e. The molecule has 204 valence electrons. The number of hydrogen-bond donors (Lipinski definition) is 1. The number of carbonyl (C=O) groups excluding carboxylic acids is 1. The van der Waals surface area contributed by atoms with Gasteiger partial charge in [0, 0.05) is 0 Å². The number of rotatable bonds is 26. The molecule has 0 aliphatic rings. The topological polar surface area (TPSA) is 120 Å². The molecular formula is C23H46O11. The summed E-state index contributed by atoms with van der Waals surface area (Å²) in [5.74, 6) is -0.264. The van der Waals surface area contributed by atoms with Crippen molar-refractivity contribution in [2.24, 2.45) is 0 Å². The molecule has 0 aliphatic heterocycles. The smallest absolute Gasteiger partial charge is 0.308 e. The number of ether oxygens (including phenoxy) is 9. The van der Waals surface area contributed by atoms with E-state index >= 15 is 0 Å². The van der Waals surface area contributed by atoms with Crippen molar-refractivity contribution in [2.75, 3.05) is 112 Å². The molecule has 11 nitrogen and oxygen atoms in total. The predicted molar refractivity (Wildman–Crippen MR) is 124 cm³/mol. The van der Waals surface area contributed by atoms with Crippen LogP contribution in [0.15, 0.2) is 0 Å². The summed E-state index contributed by atoms with van der Waals surface area (Å²) < 4.78 is 47.9. The minimum absolute atomic E-state index is 0.0244. The molecule has 0 fully saturated rings. The summed E-state index contributed by atoms with van der Waals surface area (Å²) >= 11 is 0. The van der Waals surface area contributed by atoms with Crippen LogP contribution in [0.2, 0.25) is 0 Å². The molecule has 1 N–H and O–H groups in total. The van der Waals surface area contributed by atoms with Crippen LogP contribution in [0.1, 0.15) is 27.2 Å². The van der Waals surface area contributed by atoms with Crippen LogP contribution in [0, 0.1) is 0 Å². The lowest BCUT2D eigenvalue weighted by atomic mass is 10.2. The first-order chi connectivity index (χ1) is 16.5. The van der Waals surface area contributed by atoms with Gasteiger partial charge < -0.3 is 47.7 Å². The first kappa shape index (κ1) is 33.1. The van der Waals surface area contributed by atoms with Gasteiger partial charge in [0.05, 0.1) is 119 Å². The molecule has 0 aromatic rings. The molecule has 0 bridgehead atoms. The van der Waals surface area contributed by atoms with Gasteiger partial charge in [-0.15, -0.1) is 0 Å². The molecule has 11 heteroatoms. The zero-order valence-electron chi connectivity index (χ0n) is 21.3. The SMILES string of the molecule is CC(C)(C)OC(=O)CCOCCOCCOCCOCCOCCOCCOCCOCCO. The Morgan fingerprint density at radius 1 is 0.500 bits per heavy atom. The van der Waals surface area contributed by atoms with Gasteiger partial charge in [0.25, 0.3) is 0 Å². The molecule has 0 radical (unpaired) electrons. The van der Waals surface area contributed by atoms with Gasteiger partial charge in [0.15, 0.2) is 0 Å². The lowest BCUT2D eigenvalue weighted by Crippen LogP contribution is -2.24. The monoisotopic (exact) mass is 498 g/mol. The van der Waals surface area contributed by atoms with Crippen LogP contribution >= 0.6 is 0 Å². The van der Waals surface area contributed by atoms with Crippen molar-refractivity contribution in [3.8, 4) is 0 Å². The molecule has 0 aromatic heterocycles. The number of carbonyl (C=O) groups is 1. The fraction of sp³-hybridized carbons (Fsp3) is 0.957. The van der Waals surface area contributed by atoms with E-state index in [0.717, 1.165) is 0 Å². The number of esters is 1. The standard InChI is InChI=1S/C23H46O11/c1-23(2,3)34-22(25)4-6-26-8-10-28-12-14-30-16-18-32-20-21-33-19-17-31-15-13-29-11-9-27-7-5-24/h24H,4-21H2,1-3H3. The highest BCUT2D eigenvalue weighted by Gasteiger charge is 2.15. The Kier molecular flexibility index (Phi) is 24.6. The van der Waals surface area contributed by atoms with E-state index in [2.05, 4.69) is 0 Å². The Bertz CT molecular complexity index is 430. The molecule has 0 atom stereocenters. The number of hydrogen-bond acceptors (Lipinski definition) is 11. The quantitative estimate of drug-likeness (QED) is 0.135. The molecule has 0 saturated carbocycles. The van der Waals surface area contributed by atoms with E-state index in [4.69, 9.17) is 47.7 Å². The second kappa shape index (κ2) is 25.2. The van der Waals surface area contributed by atoms with E-state index in [1.165, 1.54) is 0 Å². The van der Waals surface area contributed by atoms with Gasteiger partial charge in [-0.05, 0) is 20.8 Å². The molecule has 0 amide bonds. The lowest BCUT2D eigenvalue weighted by Gasteiger charge is -2.19. The summed E-state index contributed by atoms with van der Waals surface area (Å²) in [5, 5.41) is 8.55. The Labute approximate surface area is 204 Å². The van der Waals surface area contributed by atoms with E-state index < -0.39 is 5.60 Å². The highest BCUT2D eigenvalue weighted by molar-refractivity contribution is 5.69. The van der Waals surface area contributed by atoms with Crippen molar-refractivity contribution in [1.82, 2.24) is 0 Å². The maximum atomic E-state index is 11.5. The van der Waals surface area contributed by atoms with E-state index in [1.807, 2.05) is 20.8 Å². The van der Waals surface area contributed by atoms with Crippen LogP contribution in [-0.4, -0.2) is 129 Å². The third-order valence-electron chi connectivity index (χ3n) is 3.71. The van der Waals surface area contributed by atoms with Crippen molar-refractivity contribution in [3.63, 3.8) is 0 Å². The molecule has 0 spiro atoms. The van der Waals surface area contributed by atoms with E-state index in [0.29, 0.717) is 106 Å². The minimum Gasteiger partial charge on any atom is -0.460 e. The molecular weight excluding hydrogens is 452 g/mol. The van der Waals surface area contributed by atoms with Crippen LogP contribution in [0.4, 0.5) is 0 Å². The van der Waals surface area contributed by atoms with Gasteiger partial charge in [-0.25, -0.2) is 0 Å². The van der Waals surface area contributed by atoms with E-state index in [1.54, 1.807) is 0 Å². The maximum absolute atomic E-state index is 11.5. The van der Waals surface area contributed by atoms with Crippen molar-refractivity contribution < 1.29 is 52.5 Å². The zero-order valence-corrected chi connectivity index (χ0v) is 21.3. The number of aliphatic hydroxyl groups is 1. The van der Waals surface area contributed by atoms with Gasteiger partial charge >= 0.3 is 5.97 Å². The first-order valence-corrected chi connectivity index (χ1v) is 11.9. The normalized spacial score (nSPS) is 11.8. The van der Waals surface area contributed by atoms with Crippen LogP contribution in [-0.2, 0) is 47.4 Å². The second-order valence-electron chi connectivity index (χ2n) is 7.96. The third-order valence-corrected chi connectivity index (χ3v) is 3.71. The van der Waals surface area contributed by atoms with Crippen molar-refractivity contribution >= 4 is 5.97 Å². The molecule has 0 heterocycles. The third kappa shape index (κ3) is 29.1. The van der Waals surface area contributed by atoms with Crippen molar-refractivity contribution in [3.05, 3.63) is 0 Å². The molecule has 0 rings (SSSR count). The minimum atomic E-state index is -0.468. The molecule has 0 saturated heterocycles. The summed E-state index contributed by atoms with van der Waals surface area (Å²) in [7, 11) is 0. The zero-order chi connectivity index (χ0) is 25.2. The average Bonchev–Trinajstić information content (AvgIpc) is 2.78. The van der Waals surface area contributed by atoms with Crippen molar-refractivity contribution in [1.29, 1.82) is 0 Å². The highest BCUT2D eigenvalue weighted by Crippen LogP contribution is 2.07. The van der Waals surface area contributed by atoms with Crippen LogP contribution in [0.25, 0.3) is 0 Å². The molecule has 0 aromatic carbocycles. The predicted octanol–water partition coefficient (Wildman–Crippen LogP) is 0.843. The highest BCUT2D eigenvalue weighted by atomic mass is 16.6. The fourth-order valence-corrected chi connectivity index (χ4v) is 2.25. The van der Waals surface area contributed by atoms with Crippen LogP contribution < -0.4 is 0 Å². The second-order valence-corrected chi connectivity index (χ2v) is 7.96. The first-order valence-electron chi connectivity index (χ1n) is 11.9. The van der Waals surface area contributed by atoms with Crippen LogP contribution in [0.5, 0.6) is 0 Å². The summed E-state index contributed by atoms with van der Waals surface area (Å²) in [4.78, 5) is 11.5. The fourth-order valence-electron chi connectivity index (χ4n) is 2.25. The Morgan fingerprint density at radius 2 is 0.765 bits per heavy atom. The van der Waals surface area contributed by atoms with Gasteiger partial charge in [-0.1, -0.05) is 0 Å². The van der Waals surface area contributed by atoms with Gasteiger partial charge in [-0.3, -0.25) is 4.79 Å². The average molecular weight is 499 g/mol. The van der Waals surface area contributed by atoms with Gasteiger partial charge in [0.1, 0.15) is 5.60 Å². The van der Waals surface area contributed by atoms with E-state index in [9.17, 15) is 4.79 Å². The lowest BCUT2D eigenvalue weighted by molar-refractivity contribution is -0.156. The maximum Gasteiger partial charge on any atom is 0.308 e. The molecule has 0 aliphatic carbocycles. The summed E-state index contributed by atoms with van der Waals surface area (Å²) in [5.41, 5.74) is -0.468. The van der Waals surface area contributed by atoms with Gasteiger partial charge in [0.2, 0.25) is 0 Å².